The molecule has 1 aliphatic rings. The molecule has 1 aliphatic heterocycles. The van der Waals surface area contributed by atoms with Crippen molar-refractivity contribution in [2.24, 2.45) is 11.3 Å². The van der Waals surface area contributed by atoms with Crippen LogP contribution >= 0.6 is 0 Å². The molecule has 0 spiro atoms. The van der Waals surface area contributed by atoms with Crippen LogP contribution in [0.2, 0.25) is 0 Å². The minimum absolute atomic E-state index is 0. The molecule has 1 rings (SSSR count). The molecule has 0 aromatic carbocycles. The second-order valence-corrected chi connectivity index (χ2v) is 4.70. The first-order valence-corrected chi connectivity index (χ1v) is 6.05. The van der Waals surface area contributed by atoms with Crippen LogP contribution < -0.4 is 40.2 Å². The third-order valence-corrected chi connectivity index (χ3v) is 3.90. The molecule has 1 saturated heterocycles. The Morgan fingerprint density at radius 1 is 1.18 bits per heavy atom. The van der Waals surface area contributed by atoms with Crippen molar-refractivity contribution in [3.8, 4) is 0 Å². The molecule has 1 heterocycles. The van der Waals surface area contributed by atoms with Crippen molar-refractivity contribution in [1.29, 1.82) is 0 Å². The van der Waals surface area contributed by atoms with Crippen LogP contribution in [-0.2, 0) is 0 Å². The third-order valence-electron chi connectivity index (χ3n) is 3.90. The van der Waals surface area contributed by atoms with Gasteiger partial charge in [-0.2, -0.15) is 0 Å². The molecule has 0 radical (unpaired) electrons. The van der Waals surface area contributed by atoms with Gasteiger partial charge in [0, 0.05) is 0 Å². The first-order chi connectivity index (χ1) is 7.48. The van der Waals surface area contributed by atoms with Crippen molar-refractivity contribution in [3.05, 3.63) is 0 Å². The molecule has 3 unspecified atom stereocenters. The fourth-order valence-corrected chi connectivity index (χ4v) is 2.78. The van der Waals surface area contributed by atoms with Crippen LogP contribution in [0.15, 0.2) is 0 Å². The number of hydrogen-bond donors (Lipinski definition) is 5. The largest absolute Gasteiger partial charge is 1.00 e. The van der Waals surface area contributed by atoms with E-state index in [1.165, 1.54) is 0 Å². The zero-order valence-corrected chi connectivity index (χ0v) is 13.3. The van der Waals surface area contributed by atoms with Crippen LogP contribution in [0.3, 0.4) is 0 Å². The summed E-state index contributed by atoms with van der Waals surface area (Å²) >= 11 is 0. The summed E-state index contributed by atoms with van der Waals surface area (Å²) in [5.74, 6) is 0.167. The molecule has 0 bridgehead atoms. The second kappa shape index (κ2) is 7.40. The van der Waals surface area contributed by atoms with Crippen LogP contribution in [0.25, 0.3) is 0 Å². The quantitative estimate of drug-likeness (QED) is 0.347. The standard InChI is InChI=1S/C11H24N2O3.Na.H/c1-4-6-7(3)11(5-2)8(14)12-10(16)13-9(11)15;;/h7-10,12-16H,4-6H2,1-3H3;;/q;+1;-1. The summed E-state index contributed by atoms with van der Waals surface area (Å²) in [6.45, 7) is 6.05. The van der Waals surface area contributed by atoms with Gasteiger partial charge in [0.2, 0.25) is 0 Å². The van der Waals surface area contributed by atoms with E-state index in [2.05, 4.69) is 17.6 Å². The Bertz CT molecular complexity index is 216. The fourth-order valence-electron chi connectivity index (χ4n) is 2.78. The van der Waals surface area contributed by atoms with Gasteiger partial charge in [-0.15, -0.1) is 0 Å². The molecule has 6 heteroatoms. The number of aliphatic hydroxyl groups excluding tert-OH is 3. The van der Waals surface area contributed by atoms with Crippen LogP contribution in [0.5, 0.6) is 0 Å². The van der Waals surface area contributed by atoms with Gasteiger partial charge >= 0.3 is 29.6 Å². The maximum atomic E-state index is 10.1. The topological polar surface area (TPSA) is 84.8 Å². The molecule has 3 atom stereocenters. The summed E-state index contributed by atoms with van der Waals surface area (Å²) in [6.07, 6.45) is -0.274. The van der Waals surface area contributed by atoms with E-state index in [0.29, 0.717) is 6.42 Å². The van der Waals surface area contributed by atoms with E-state index in [-0.39, 0.29) is 36.9 Å². The van der Waals surface area contributed by atoms with Gasteiger partial charge in [-0.25, -0.2) is 0 Å². The zero-order valence-electron chi connectivity index (χ0n) is 12.3. The van der Waals surface area contributed by atoms with E-state index in [0.717, 1.165) is 12.8 Å². The first kappa shape index (κ1) is 17.8. The zero-order chi connectivity index (χ0) is 12.3. The van der Waals surface area contributed by atoms with Crippen molar-refractivity contribution < 1.29 is 46.3 Å². The van der Waals surface area contributed by atoms with Crippen LogP contribution in [-0.4, -0.2) is 34.1 Å². The number of nitrogens with one attached hydrogen (secondary N) is 2. The maximum Gasteiger partial charge on any atom is 1.00 e. The monoisotopic (exact) mass is 256 g/mol. The van der Waals surface area contributed by atoms with Gasteiger partial charge in [-0.05, 0) is 12.3 Å². The van der Waals surface area contributed by atoms with Crippen molar-refractivity contribution in [1.82, 2.24) is 10.6 Å². The molecule has 17 heavy (non-hydrogen) atoms. The normalized spacial score (nSPS) is 39.5. The molecule has 5 N–H and O–H groups in total. The van der Waals surface area contributed by atoms with Gasteiger partial charge in [0.25, 0.3) is 0 Å². The van der Waals surface area contributed by atoms with E-state index in [9.17, 15) is 15.3 Å². The van der Waals surface area contributed by atoms with E-state index in [1.54, 1.807) is 0 Å². The summed E-state index contributed by atoms with van der Waals surface area (Å²) in [5, 5.41) is 34.8. The number of hydrogen-bond acceptors (Lipinski definition) is 5. The Balaban J connectivity index is 0. The van der Waals surface area contributed by atoms with Crippen molar-refractivity contribution >= 4 is 0 Å². The molecular weight excluding hydrogens is 231 g/mol. The number of aliphatic hydroxyl groups is 3. The Morgan fingerprint density at radius 2 is 1.65 bits per heavy atom. The summed E-state index contributed by atoms with van der Waals surface area (Å²) < 4.78 is 0. The van der Waals surface area contributed by atoms with Crippen molar-refractivity contribution in [3.63, 3.8) is 0 Å². The van der Waals surface area contributed by atoms with E-state index in [1.807, 2.05) is 13.8 Å². The van der Waals surface area contributed by atoms with Crippen LogP contribution in [0.4, 0.5) is 0 Å². The maximum absolute atomic E-state index is 10.1. The van der Waals surface area contributed by atoms with Gasteiger partial charge in [-0.3, -0.25) is 10.6 Å². The van der Waals surface area contributed by atoms with Crippen molar-refractivity contribution in [2.75, 3.05) is 0 Å². The molecular formula is C11H25N2NaO3. The molecule has 98 valence electrons. The van der Waals surface area contributed by atoms with Gasteiger partial charge < -0.3 is 16.7 Å². The van der Waals surface area contributed by atoms with Gasteiger partial charge in [0.05, 0.1) is 5.41 Å². The number of rotatable bonds is 4. The van der Waals surface area contributed by atoms with Gasteiger partial charge in [-0.1, -0.05) is 33.6 Å². The smallest absolute Gasteiger partial charge is 1.00 e. The molecule has 0 saturated carbocycles. The summed E-state index contributed by atoms with van der Waals surface area (Å²) in [4.78, 5) is 0. The molecule has 0 aromatic rings. The van der Waals surface area contributed by atoms with E-state index in [4.69, 9.17) is 0 Å². The predicted octanol–water partition coefficient (Wildman–Crippen LogP) is -2.96. The van der Waals surface area contributed by atoms with Crippen molar-refractivity contribution in [2.45, 2.75) is 58.8 Å². The summed E-state index contributed by atoms with van der Waals surface area (Å²) in [7, 11) is 0. The SMILES string of the molecule is CCCC(C)C1(CC)C(O)NC(O)NC1O.[H-].[Na+]. The Hall–Kier alpha value is 0.800. The van der Waals surface area contributed by atoms with Gasteiger partial charge in [0.1, 0.15) is 12.5 Å². The molecule has 0 aliphatic carbocycles. The molecule has 0 aromatic heterocycles. The fraction of sp³-hybridized carbons (Fsp3) is 1.00. The summed E-state index contributed by atoms with van der Waals surface area (Å²) in [5.41, 5.74) is -0.644. The predicted molar refractivity (Wildman–Crippen MR) is 62.2 cm³/mol. The van der Waals surface area contributed by atoms with Crippen LogP contribution in [0.1, 0.15) is 41.5 Å². The average Bonchev–Trinajstić information content (AvgIpc) is 2.18. The van der Waals surface area contributed by atoms with Crippen LogP contribution in [0, 0.1) is 11.3 Å². The van der Waals surface area contributed by atoms with E-state index < -0.39 is 24.2 Å². The molecule has 5 nitrogen and oxygen atoms in total. The second-order valence-electron chi connectivity index (χ2n) is 4.70. The third kappa shape index (κ3) is 3.42. The Labute approximate surface area is 127 Å². The summed E-state index contributed by atoms with van der Waals surface area (Å²) in [6, 6.07) is 0. The molecule has 1 fully saturated rings. The average molecular weight is 256 g/mol. The first-order valence-electron chi connectivity index (χ1n) is 6.05. The van der Waals surface area contributed by atoms with Gasteiger partial charge in [0.15, 0.2) is 6.35 Å². The molecule has 0 amide bonds. The Kier molecular flexibility index (Phi) is 7.75. The minimum atomic E-state index is -1.06. The Morgan fingerprint density at radius 3 is 2.00 bits per heavy atom. The van der Waals surface area contributed by atoms with E-state index >= 15 is 0 Å². The minimum Gasteiger partial charge on any atom is -1.00 e.